The number of allylic oxidation sites excluding steroid dienone is 1. The fraction of sp³-hybridized carbons (Fsp3) is 0.933. The second-order valence-electron chi connectivity index (χ2n) is 17.0. The molecule has 344 valence electrons. The highest BCUT2D eigenvalue weighted by Crippen LogP contribution is 2.47. The third-order valence-corrected chi connectivity index (χ3v) is 12.6. The van der Waals surface area contributed by atoms with E-state index in [4.69, 9.17) is 9.05 Å². The SMILES string of the molecule is CCCCCCCCCCCCC/C=C/[C@@H](O)[C@H](COP(=O)(O)OC1C(O)C(O)C(O)[C@@H](O)C1O)NC(=O)CCCCCCCCCCCCCCCCCCCC. The van der Waals surface area contributed by atoms with Gasteiger partial charge in [-0.05, 0) is 19.3 Å². The maximum Gasteiger partial charge on any atom is 0.472 e. The third-order valence-electron chi connectivity index (χ3n) is 11.6. The Hall–Kier alpha value is -0.920. The summed E-state index contributed by atoms with van der Waals surface area (Å²) in [6, 6.07) is -1.11. The topological polar surface area (TPSA) is 206 Å². The van der Waals surface area contributed by atoms with Crippen LogP contribution in [0.1, 0.15) is 213 Å². The third kappa shape index (κ3) is 27.1. The molecule has 0 aromatic rings. The molecular weight excluding hydrogens is 761 g/mol. The molecule has 0 saturated heterocycles. The van der Waals surface area contributed by atoms with Crippen molar-refractivity contribution in [3.8, 4) is 0 Å². The van der Waals surface area contributed by atoms with Crippen molar-refractivity contribution in [2.75, 3.05) is 6.61 Å². The van der Waals surface area contributed by atoms with E-state index in [1.165, 1.54) is 147 Å². The minimum Gasteiger partial charge on any atom is -0.387 e. The molecule has 1 aliphatic carbocycles. The van der Waals surface area contributed by atoms with E-state index >= 15 is 0 Å². The number of aliphatic hydroxyl groups is 6. The number of phosphoric acid groups is 1. The van der Waals surface area contributed by atoms with Gasteiger partial charge in [-0.25, -0.2) is 4.57 Å². The van der Waals surface area contributed by atoms with Crippen LogP contribution in [0, 0.1) is 0 Å². The highest BCUT2D eigenvalue weighted by atomic mass is 31.2. The molecule has 12 nitrogen and oxygen atoms in total. The van der Waals surface area contributed by atoms with Gasteiger partial charge in [0.1, 0.15) is 36.6 Å². The van der Waals surface area contributed by atoms with Crippen LogP contribution in [-0.4, -0.2) is 96.8 Å². The van der Waals surface area contributed by atoms with Gasteiger partial charge < -0.3 is 40.8 Å². The molecule has 6 unspecified atom stereocenters. The Morgan fingerprint density at radius 3 is 1.31 bits per heavy atom. The Morgan fingerprint density at radius 1 is 0.569 bits per heavy atom. The van der Waals surface area contributed by atoms with Crippen molar-refractivity contribution in [2.45, 2.75) is 262 Å². The molecule has 1 aliphatic rings. The summed E-state index contributed by atoms with van der Waals surface area (Å²) in [6.07, 6.45) is 27.1. The smallest absolute Gasteiger partial charge is 0.387 e. The van der Waals surface area contributed by atoms with Crippen LogP contribution in [0.15, 0.2) is 12.2 Å². The van der Waals surface area contributed by atoms with Gasteiger partial charge >= 0.3 is 7.82 Å². The number of phosphoric ester groups is 1. The molecule has 1 fully saturated rings. The van der Waals surface area contributed by atoms with Gasteiger partial charge in [-0.2, -0.15) is 0 Å². The van der Waals surface area contributed by atoms with Gasteiger partial charge in [0.05, 0.1) is 18.8 Å². The first-order valence-corrected chi connectivity index (χ1v) is 25.1. The van der Waals surface area contributed by atoms with Gasteiger partial charge in [-0.1, -0.05) is 199 Å². The molecule has 0 aromatic heterocycles. The van der Waals surface area contributed by atoms with Crippen LogP contribution >= 0.6 is 7.82 Å². The molecular formula is C45H88NO11P. The average molecular weight is 850 g/mol. The quantitative estimate of drug-likeness (QED) is 0.0167. The van der Waals surface area contributed by atoms with Crippen LogP contribution in [0.5, 0.6) is 0 Å². The van der Waals surface area contributed by atoms with Crippen molar-refractivity contribution in [3.05, 3.63) is 12.2 Å². The molecule has 9 atom stereocenters. The van der Waals surface area contributed by atoms with Gasteiger partial charge in [0.15, 0.2) is 0 Å². The first-order chi connectivity index (χ1) is 27.9. The largest absolute Gasteiger partial charge is 0.472 e. The van der Waals surface area contributed by atoms with Gasteiger partial charge in [-0.3, -0.25) is 13.8 Å². The molecule has 0 bridgehead atoms. The second kappa shape index (κ2) is 35.7. The van der Waals surface area contributed by atoms with Gasteiger partial charge in [0.25, 0.3) is 0 Å². The Balaban J connectivity index is 2.46. The van der Waals surface area contributed by atoms with Crippen molar-refractivity contribution in [1.29, 1.82) is 0 Å². The number of aliphatic hydroxyl groups excluding tert-OH is 6. The van der Waals surface area contributed by atoms with Gasteiger partial charge in [0, 0.05) is 6.42 Å². The summed E-state index contributed by atoms with van der Waals surface area (Å²) in [5.74, 6) is -0.338. The number of amides is 1. The zero-order valence-electron chi connectivity index (χ0n) is 36.6. The highest BCUT2D eigenvalue weighted by molar-refractivity contribution is 7.47. The molecule has 0 aliphatic heterocycles. The highest BCUT2D eigenvalue weighted by Gasteiger charge is 2.51. The fourth-order valence-corrected chi connectivity index (χ4v) is 8.64. The van der Waals surface area contributed by atoms with Crippen LogP contribution in [0.25, 0.3) is 0 Å². The van der Waals surface area contributed by atoms with E-state index in [2.05, 4.69) is 19.2 Å². The number of carbonyl (C=O) groups excluding carboxylic acids is 1. The lowest BCUT2D eigenvalue weighted by Crippen LogP contribution is -2.64. The lowest BCUT2D eigenvalue weighted by atomic mass is 9.85. The number of rotatable bonds is 39. The van der Waals surface area contributed by atoms with Crippen molar-refractivity contribution in [1.82, 2.24) is 5.32 Å². The van der Waals surface area contributed by atoms with Crippen LogP contribution in [-0.2, 0) is 18.4 Å². The maximum atomic E-state index is 12.9. The molecule has 13 heteroatoms. The van der Waals surface area contributed by atoms with Crippen LogP contribution < -0.4 is 5.32 Å². The monoisotopic (exact) mass is 850 g/mol. The lowest BCUT2D eigenvalue weighted by Gasteiger charge is -2.41. The summed E-state index contributed by atoms with van der Waals surface area (Å²) < 4.78 is 22.9. The Bertz CT molecular complexity index is 1040. The zero-order valence-corrected chi connectivity index (χ0v) is 37.5. The molecule has 8 N–H and O–H groups in total. The molecule has 1 amide bonds. The summed E-state index contributed by atoms with van der Waals surface area (Å²) in [5, 5.41) is 64.0. The van der Waals surface area contributed by atoms with Crippen molar-refractivity contribution in [2.24, 2.45) is 0 Å². The van der Waals surface area contributed by atoms with Crippen LogP contribution in [0.2, 0.25) is 0 Å². The number of nitrogens with one attached hydrogen (secondary N) is 1. The van der Waals surface area contributed by atoms with E-state index in [0.717, 1.165) is 44.9 Å². The van der Waals surface area contributed by atoms with E-state index in [-0.39, 0.29) is 12.3 Å². The summed E-state index contributed by atoms with van der Waals surface area (Å²) in [7, 11) is -5.07. The van der Waals surface area contributed by atoms with Gasteiger partial charge in [0.2, 0.25) is 5.91 Å². The first kappa shape index (κ1) is 55.1. The minimum atomic E-state index is -5.07. The predicted molar refractivity (Wildman–Crippen MR) is 232 cm³/mol. The summed E-state index contributed by atoms with van der Waals surface area (Å²) in [6.45, 7) is 3.84. The summed E-state index contributed by atoms with van der Waals surface area (Å²) >= 11 is 0. The van der Waals surface area contributed by atoms with Crippen molar-refractivity contribution in [3.63, 3.8) is 0 Å². The van der Waals surface area contributed by atoms with Crippen molar-refractivity contribution >= 4 is 13.7 Å². The number of unbranched alkanes of at least 4 members (excludes halogenated alkanes) is 28. The summed E-state index contributed by atoms with van der Waals surface area (Å²) in [4.78, 5) is 23.4. The molecule has 0 radical (unpaired) electrons. The van der Waals surface area contributed by atoms with E-state index in [9.17, 15) is 44.9 Å². The predicted octanol–water partition coefficient (Wildman–Crippen LogP) is 8.84. The Morgan fingerprint density at radius 2 is 0.914 bits per heavy atom. The first-order valence-electron chi connectivity index (χ1n) is 23.6. The minimum absolute atomic E-state index is 0.219. The number of carbonyl (C=O) groups is 1. The Kier molecular flexibility index (Phi) is 33.9. The van der Waals surface area contributed by atoms with Crippen LogP contribution in [0.4, 0.5) is 0 Å². The van der Waals surface area contributed by atoms with E-state index in [1.807, 2.05) is 6.08 Å². The van der Waals surface area contributed by atoms with Crippen molar-refractivity contribution < 1.29 is 53.9 Å². The maximum absolute atomic E-state index is 12.9. The zero-order chi connectivity index (χ0) is 42.9. The molecule has 1 rings (SSSR count). The normalized spacial score (nSPS) is 23.3. The van der Waals surface area contributed by atoms with E-state index in [0.29, 0.717) is 6.42 Å². The summed E-state index contributed by atoms with van der Waals surface area (Å²) in [5.41, 5.74) is 0. The molecule has 0 spiro atoms. The standard InChI is InChI=1S/C45H88NO11P/c1-3-5-7-9-11-13-15-17-18-19-20-21-23-25-27-29-31-33-35-39(48)46-37(38(47)34-32-30-28-26-24-22-16-14-12-10-8-6-4-2)36-56-58(54,55)57-45-43(52)41(50)40(49)42(51)44(45)53/h32,34,37-38,40-45,47,49-53H,3-31,33,35-36H2,1-2H3,(H,46,48)(H,54,55)/b34-32+/t37-,38+,40?,41+,42?,43?,44?,45?/m0/s1. The molecule has 0 aromatic carbocycles. The lowest BCUT2D eigenvalue weighted by molar-refractivity contribution is -0.220. The second-order valence-corrected chi connectivity index (χ2v) is 18.4. The molecule has 1 saturated carbocycles. The van der Waals surface area contributed by atoms with E-state index < -0.39 is 63.2 Å². The van der Waals surface area contributed by atoms with E-state index in [1.54, 1.807) is 0 Å². The molecule has 58 heavy (non-hydrogen) atoms. The number of hydrogen-bond acceptors (Lipinski definition) is 10. The average Bonchev–Trinajstić information content (AvgIpc) is 3.20. The fourth-order valence-electron chi connectivity index (χ4n) is 7.67. The Labute approximate surface area is 352 Å². The number of hydrogen-bond donors (Lipinski definition) is 8. The molecule has 0 heterocycles. The van der Waals surface area contributed by atoms with Crippen LogP contribution in [0.3, 0.4) is 0 Å². The van der Waals surface area contributed by atoms with Gasteiger partial charge in [-0.15, -0.1) is 0 Å².